The van der Waals surface area contributed by atoms with E-state index >= 15 is 0 Å². The van der Waals surface area contributed by atoms with E-state index in [0.29, 0.717) is 11.6 Å². The Labute approximate surface area is 114 Å². The molecule has 0 aliphatic carbocycles. The van der Waals surface area contributed by atoms with Gasteiger partial charge in [-0.25, -0.2) is 13.1 Å². The molecule has 0 aliphatic rings. The highest BCUT2D eigenvalue weighted by molar-refractivity contribution is 7.89. The number of hydrogen-bond donors (Lipinski definition) is 2. The van der Waals surface area contributed by atoms with Gasteiger partial charge in [-0.3, -0.25) is 0 Å². The topological polar surface area (TPSA) is 58.2 Å². The predicted octanol–water partition coefficient (Wildman–Crippen LogP) is 1.76. The van der Waals surface area contributed by atoms with Crippen LogP contribution in [-0.4, -0.2) is 26.8 Å². The van der Waals surface area contributed by atoms with Crippen LogP contribution in [0.15, 0.2) is 24.3 Å². The molecule has 0 saturated heterocycles. The number of benzene rings is 1. The average Bonchev–Trinajstić information content (AvgIpc) is 2.27. The van der Waals surface area contributed by atoms with Gasteiger partial charge in [-0.2, -0.15) is 0 Å². The summed E-state index contributed by atoms with van der Waals surface area (Å²) < 4.78 is 25.9. The lowest BCUT2D eigenvalue weighted by atomic mass is 10.2. The normalized spacial score (nSPS) is 12.0. The Hall–Kier alpha value is -0.620. The fraction of sp³-hybridized carbons (Fsp3) is 0.500. The number of halogens is 1. The fourth-order valence-electron chi connectivity index (χ4n) is 1.38. The van der Waals surface area contributed by atoms with Gasteiger partial charge in [0.25, 0.3) is 0 Å². The van der Waals surface area contributed by atoms with Crippen LogP contribution in [0.1, 0.15) is 19.4 Å². The van der Waals surface area contributed by atoms with E-state index in [2.05, 4.69) is 10.0 Å². The van der Waals surface area contributed by atoms with E-state index in [1.165, 1.54) is 0 Å². The van der Waals surface area contributed by atoms with Gasteiger partial charge in [0.15, 0.2) is 0 Å². The lowest BCUT2D eigenvalue weighted by Gasteiger charge is -2.10. The molecule has 6 heteroatoms. The van der Waals surface area contributed by atoms with E-state index in [9.17, 15) is 8.42 Å². The quantitative estimate of drug-likeness (QED) is 0.804. The zero-order valence-corrected chi connectivity index (χ0v) is 12.2. The third-order valence-electron chi connectivity index (χ3n) is 2.36. The minimum Gasteiger partial charge on any atom is -0.313 e. The summed E-state index contributed by atoms with van der Waals surface area (Å²) in [5, 5.41) is 3.64. The van der Waals surface area contributed by atoms with E-state index < -0.39 is 10.0 Å². The maximum Gasteiger partial charge on any atom is 0.213 e. The van der Waals surface area contributed by atoms with Crippen LogP contribution in [0.2, 0.25) is 5.02 Å². The van der Waals surface area contributed by atoms with Gasteiger partial charge < -0.3 is 5.32 Å². The van der Waals surface area contributed by atoms with E-state index in [-0.39, 0.29) is 18.3 Å². The number of nitrogens with one attached hydrogen (secondary N) is 2. The predicted molar refractivity (Wildman–Crippen MR) is 75.2 cm³/mol. The van der Waals surface area contributed by atoms with Crippen molar-refractivity contribution in [3.8, 4) is 0 Å². The molecule has 102 valence electrons. The zero-order valence-electron chi connectivity index (χ0n) is 10.6. The first kappa shape index (κ1) is 15.4. The molecule has 0 amide bonds. The minimum absolute atomic E-state index is 0.0651. The zero-order chi connectivity index (χ0) is 13.6. The molecule has 0 fully saturated rings. The van der Waals surface area contributed by atoms with E-state index in [1.807, 2.05) is 26.0 Å². The van der Waals surface area contributed by atoms with Crippen molar-refractivity contribution in [1.82, 2.24) is 10.0 Å². The lowest BCUT2D eigenvalue weighted by molar-refractivity contribution is 0.566. The maximum atomic E-state index is 11.7. The molecule has 18 heavy (non-hydrogen) atoms. The van der Waals surface area contributed by atoms with Crippen molar-refractivity contribution in [3.63, 3.8) is 0 Å². The first-order valence-electron chi connectivity index (χ1n) is 5.85. The van der Waals surface area contributed by atoms with Crippen LogP contribution in [0.3, 0.4) is 0 Å². The lowest BCUT2D eigenvalue weighted by Crippen LogP contribution is -2.34. The van der Waals surface area contributed by atoms with Gasteiger partial charge in [0, 0.05) is 24.2 Å². The highest BCUT2D eigenvalue weighted by Gasteiger charge is 2.10. The van der Waals surface area contributed by atoms with Crippen molar-refractivity contribution in [1.29, 1.82) is 0 Å². The molecular formula is C12H19ClN2O2S. The summed E-state index contributed by atoms with van der Waals surface area (Å²) in [7, 11) is -3.26. The maximum absolute atomic E-state index is 11.7. The summed E-state index contributed by atoms with van der Waals surface area (Å²) in [5.74, 6) is 0.0651. The Bertz CT molecular complexity index is 475. The summed E-state index contributed by atoms with van der Waals surface area (Å²) in [6.45, 7) is 4.62. The van der Waals surface area contributed by atoms with Crippen LogP contribution in [0.25, 0.3) is 0 Å². The van der Waals surface area contributed by atoms with Gasteiger partial charge >= 0.3 is 0 Å². The average molecular weight is 291 g/mol. The first-order valence-corrected chi connectivity index (χ1v) is 7.88. The molecule has 0 spiro atoms. The largest absolute Gasteiger partial charge is 0.313 e. The van der Waals surface area contributed by atoms with E-state index in [1.54, 1.807) is 12.1 Å². The molecule has 0 saturated carbocycles. The van der Waals surface area contributed by atoms with Crippen LogP contribution >= 0.6 is 11.6 Å². The van der Waals surface area contributed by atoms with Crippen molar-refractivity contribution < 1.29 is 8.42 Å². The molecule has 2 N–H and O–H groups in total. The molecule has 0 atom stereocenters. The Morgan fingerprint density at radius 2 is 1.94 bits per heavy atom. The SMILES string of the molecule is CC(C)NCCS(=O)(=O)NCc1ccccc1Cl. The van der Waals surface area contributed by atoms with Crippen molar-refractivity contribution in [2.24, 2.45) is 0 Å². The molecule has 1 aromatic rings. The molecule has 1 aromatic carbocycles. The molecule has 1 rings (SSSR count). The number of hydrogen-bond acceptors (Lipinski definition) is 3. The third-order valence-corrected chi connectivity index (χ3v) is 4.06. The van der Waals surface area contributed by atoms with Crippen LogP contribution < -0.4 is 10.0 Å². The molecule has 0 heterocycles. The van der Waals surface area contributed by atoms with Gasteiger partial charge in [0.05, 0.1) is 5.75 Å². The summed E-state index contributed by atoms with van der Waals surface area (Å²) in [4.78, 5) is 0. The second kappa shape index (κ2) is 7.09. The highest BCUT2D eigenvalue weighted by Crippen LogP contribution is 2.14. The summed E-state index contributed by atoms with van der Waals surface area (Å²) in [6.07, 6.45) is 0. The van der Waals surface area contributed by atoms with Crippen molar-refractivity contribution in [3.05, 3.63) is 34.9 Å². The highest BCUT2D eigenvalue weighted by atomic mass is 35.5. The minimum atomic E-state index is -3.26. The third kappa shape index (κ3) is 5.82. The molecule has 4 nitrogen and oxygen atoms in total. The number of sulfonamides is 1. The fourth-order valence-corrected chi connectivity index (χ4v) is 2.49. The van der Waals surface area contributed by atoms with Gasteiger partial charge in [-0.15, -0.1) is 0 Å². The summed E-state index contributed by atoms with van der Waals surface area (Å²) in [6, 6.07) is 7.47. The molecular weight excluding hydrogens is 272 g/mol. The summed E-state index contributed by atoms with van der Waals surface area (Å²) in [5.41, 5.74) is 0.777. The van der Waals surface area contributed by atoms with Crippen molar-refractivity contribution >= 4 is 21.6 Å². The van der Waals surface area contributed by atoms with Gasteiger partial charge in [0.1, 0.15) is 0 Å². The van der Waals surface area contributed by atoms with Crippen LogP contribution in [0.4, 0.5) is 0 Å². The van der Waals surface area contributed by atoms with Crippen LogP contribution in [0, 0.1) is 0 Å². The second-order valence-corrected chi connectivity index (χ2v) is 6.67. The van der Waals surface area contributed by atoms with Crippen LogP contribution in [0.5, 0.6) is 0 Å². The van der Waals surface area contributed by atoms with Crippen LogP contribution in [-0.2, 0) is 16.6 Å². The number of rotatable bonds is 7. The molecule has 0 radical (unpaired) electrons. The standard InChI is InChI=1S/C12H19ClN2O2S/c1-10(2)14-7-8-18(16,17)15-9-11-5-3-4-6-12(11)13/h3-6,10,14-15H,7-9H2,1-2H3. The Morgan fingerprint density at radius 1 is 1.28 bits per heavy atom. The molecule has 0 aliphatic heterocycles. The van der Waals surface area contributed by atoms with E-state index in [4.69, 9.17) is 11.6 Å². The van der Waals surface area contributed by atoms with Gasteiger partial charge in [-0.05, 0) is 11.6 Å². The van der Waals surface area contributed by atoms with E-state index in [0.717, 1.165) is 5.56 Å². The second-order valence-electron chi connectivity index (χ2n) is 4.34. The van der Waals surface area contributed by atoms with Gasteiger partial charge in [0.2, 0.25) is 10.0 Å². The Kier molecular flexibility index (Phi) is 6.08. The van der Waals surface area contributed by atoms with Crippen molar-refractivity contribution in [2.45, 2.75) is 26.4 Å². The Balaban J connectivity index is 2.45. The summed E-state index contributed by atoms with van der Waals surface area (Å²) >= 11 is 5.95. The molecule has 0 bridgehead atoms. The smallest absolute Gasteiger partial charge is 0.213 e. The monoisotopic (exact) mass is 290 g/mol. The van der Waals surface area contributed by atoms with Crippen molar-refractivity contribution in [2.75, 3.05) is 12.3 Å². The molecule has 0 aromatic heterocycles. The van der Waals surface area contributed by atoms with Gasteiger partial charge in [-0.1, -0.05) is 43.6 Å². The Morgan fingerprint density at radius 3 is 2.56 bits per heavy atom. The first-order chi connectivity index (χ1) is 8.41. The molecule has 0 unspecified atom stereocenters.